The maximum atomic E-state index is 6.22. The van der Waals surface area contributed by atoms with Crippen LogP contribution in [0, 0.1) is 0 Å². The fourth-order valence-corrected chi connectivity index (χ4v) is 1.92. The van der Waals surface area contributed by atoms with Gasteiger partial charge < -0.3 is 5.73 Å². The molecule has 0 aromatic heterocycles. The summed E-state index contributed by atoms with van der Waals surface area (Å²) in [5.74, 6) is 0. The first-order valence-corrected chi connectivity index (χ1v) is 6.57. The molecular formula is C11H26N2S. The van der Waals surface area contributed by atoms with Gasteiger partial charge in [-0.1, -0.05) is 26.2 Å². The van der Waals surface area contributed by atoms with Gasteiger partial charge in [0.1, 0.15) is 0 Å². The van der Waals surface area contributed by atoms with Crippen molar-refractivity contribution in [2.75, 3.05) is 6.26 Å². The first kappa shape index (κ1) is 14.3. The maximum absolute atomic E-state index is 6.22. The number of hydrogen-bond donors (Lipinski definition) is 3. The van der Waals surface area contributed by atoms with Gasteiger partial charge in [0, 0.05) is 6.04 Å². The maximum Gasteiger partial charge on any atom is 0.0663 e. The third kappa shape index (κ3) is 5.23. The molecule has 14 heavy (non-hydrogen) atoms. The van der Waals surface area contributed by atoms with Gasteiger partial charge in [0.2, 0.25) is 0 Å². The lowest BCUT2D eigenvalue weighted by molar-refractivity contribution is 0.216. The Hall–Kier alpha value is 0.270. The number of thiol groups is 1. The van der Waals surface area contributed by atoms with Crippen molar-refractivity contribution in [3.63, 3.8) is 0 Å². The van der Waals surface area contributed by atoms with Gasteiger partial charge in [0.05, 0.1) is 5.66 Å². The molecule has 2 nitrogen and oxygen atoms in total. The van der Waals surface area contributed by atoms with E-state index in [4.69, 9.17) is 5.73 Å². The van der Waals surface area contributed by atoms with Crippen molar-refractivity contribution >= 4 is 12.6 Å². The average molecular weight is 218 g/mol. The number of rotatable bonds is 3. The smallest absolute Gasteiger partial charge is 0.0663 e. The van der Waals surface area contributed by atoms with E-state index >= 15 is 0 Å². The highest BCUT2D eigenvalue weighted by atomic mass is 32.1. The van der Waals surface area contributed by atoms with Gasteiger partial charge in [-0.05, 0) is 32.4 Å². The molecule has 3 N–H and O–H groups in total. The molecule has 1 saturated carbocycles. The molecule has 0 amide bonds. The van der Waals surface area contributed by atoms with Gasteiger partial charge in [-0.25, -0.2) is 0 Å². The molecule has 86 valence electrons. The molecule has 3 heteroatoms. The second-order valence-corrected chi connectivity index (χ2v) is 4.17. The monoisotopic (exact) mass is 218 g/mol. The zero-order valence-electron chi connectivity index (χ0n) is 9.84. The molecule has 1 fully saturated rings. The third-order valence-electron chi connectivity index (χ3n) is 2.89. The van der Waals surface area contributed by atoms with Crippen molar-refractivity contribution in [3.05, 3.63) is 0 Å². The molecule has 0 unspecified atom stereocenters. The summed E-state index contributed by atoms with van der Waals surface area (Å²) < 4.78 is 0. The van der Waals surface area contributed by atoms with Crippen LogP contribution in [0.15, 0.2) is 0 Å². The summed E-state index contributed by atoms with van der Waals surface area (Å²) in [6, 6.07) is 0.563. The van der Waals surface area contributed by atoms with E-state index in [0.29, 0.717) is 6.04 Å². The fraction of sp³-hybridized carbons (Fsp3) is 1.00. The Labute approximate surface area is 94.4 Å². The lowest BCUT2D eigenvalue weighted by Crippen LogP contribution is -2.57. The quantitative estimate of drug-likeness (QED) is 0.503. The number of hydrogen-bond acceptors (Lipinski definition) is 3. The molecule has 1 aliphatic rings. The van der Waals surface area contributed by atoms with E-state index in [1.54, 1.807) is 6.26 Å². The highest BCUT2D eigenvalue weighted by Gasteiger charge is 2.27. The molecule has 0 aromatic rings. The minimum absolute atomic E-state index is 0.0479. The summed E-state index contributed by atoms with van der Waals surface area (Å²) in [5.41, 5.74) is 6.18. The average Bonchev–Trinajstić information content (AvgIpc) is 2.21. The molecule has 0 spiro atoms. The van der Waals surface area contributed by atoms with Crippen LogP contribution in [0.3, 0.4) is 0 Å². The predicted molar refractivity (Wildman–Crippen MR) is 67.8 cm³/mol. The molecule has 0 radical (unpaired) electrons. The highest BCUT2D eigenvalue weighted by molar-refractivity contribution is 7.79. The summed E-state index contributed by atoms with van der Waals surface area (Å²) in [6.45, 7) is 4.41. The number of nitrogens with two attached hydrogens (primary N) is 1. The van der Waals surface area contributed by atoms with Crippen LogP contribution in [0.4, 0.5) is 0 Å². The highest BCUT2D eigenvalue weighted by Crippen LogP contribution is 2.24. The summed E-state index contributed by atoms with van der Waals surface area (Å²) in [4.78, 5) is 0. The van der Waals surface area contributed by atoms with Gasteiger partial charge in [0.25, 0.3) is 0 Å². The summed E-state index contributed by atoms with van der Waals surface area (Å²) in [5, 5.41) is 3.52. The van der Waals surface area contributed by atoms with Crippen LogP contribution in [0.2, 0.25) is 0 Å². The molecular weight excluding hydrogens is 192 g/mol. The van der Waals surface area contributed by atoms with E-state index in [2.05, 4.69) is 31.8 Å². The van der Waals surface area contributed by atoms with E-state index in [1.165, 1.54) is 25.7 Å². The molecule has 1 aliphatic carbocycles. The van der Waals surface area contributed by atoms with Crippen molar-refractivity contribution in [1.29, 1.82) is 0 Å². The van der Waals surface area contributed by atoms with Crippen LogP contribution in [0.5, 0.6) is 0 Å². The fourth-order valence-electron chi connectivity index (χ4n) is 1.92. The Balaban J connectivity index is 0.000000791. The van der Waals surface area contributed by atoms with E-state index in [9.17, 15) is 0 Å². The molecule has 0 aromatic carbocycles. The first-order chi connectivity index (χ1) is 6.66. The minimum atomic E-state index is -0.0479. The Kier molecular flexibility index (Phi) is 7.69. The van der Waals surface area contributed by atoms with Gasteiger partial charge in [-0.15, -0.1) is 0 Å². The molecule has 1 atom stereocenters. The largest absolute Gasteiger partial charge is 0.313 e. The zero-order chi connectivity index (χ0) is 11.0. The molecule has 0 aliphatic heterocycles. The van der Waals surface area contributed by atoms with Gasteiger partial charge in [-0.3, -0.25) is 5.32 Å². The van der Waals surface area contributed by atoms with Crippen LogP contribution in [-0.2, 0) is 0 Å². The van der Waals surface area contributed by atoms with Crippen LogP contribution >= 0.6 is 12.6 Å². The van der Waals surface area contributed by atoms with Crippen LogP contribution < -0.4 is 11.1 Å². The second-order valence-electron chi connectivity index (χ2n) is 4.17. The normalized spacial score (nSPS) is 22.1. The lowest BCUT2D eigenvalue weighted by Gasteiger charge is -2.36. The van der Waals surface area contributed by atoms with Crippen molar-refractivity contribution in [2.24, 2.45) is 5.73 Å². The summed E-state index contributed by atoms with van der Waals surface area (Å²) in [7, 11) is 0. The summed E-state index contributed by atoms with van der Waals surface area (Å²) >= 11 is 3.53. The SMILES string of the molecule is CC[C@H](C)NC1(N)CCCCC1.CS. The Morgan fingerprint density at radius 3 is 2.21 bits per heavy atom. The topological polar surface area (TPSA) is 38.0 Å². The van der Waals surface area contributed by atoms with Gasteiger partial charge in [0.15, 0.2) is 0 Å². The van der Waals surface area contributed by atoms with E-state index in [0.717, 1.165) is 12.8 Å². The van der Waals surface area contributed by atoms with Crippen molar-refractivity contribution in [1.82, 2.24) is 5.32 Å². The minimum Gasteiger partial charge on any atom is -0.313 e. The summed E-state index contributed by atoms with van der Waals surface area (Å²) in [6.07, 6.45) is 9.11. The van der Waals surface area contributed by atoms with E-state index in [1.807, 2.05) is 0 Å². The lowest BCUT2D eigenvalue weighted by atomic mass is 9.89. The van der Waals surface area contributed by atoms with E-state index in [-0.39, 0.29) is 5.66 Å². The molecule has 0 heterocycles. The number of nitrogens with one attached hydrogen (secondary N) is 1. The Bertz CT molecular complexity index is 133. The molecule has 0 saturated heterocycles. The van der Waals surface area contributed by atoms with Gasteiger partial charge >= 0.3 is 0 Å². The Morgan fingerprint density at radius 2 is 1.79 bits per heavy atom. The Morgan fingerprint density at radius 1 is 1.29 bits per heavy atom. The second kappa shape index (κ2) is 7.55. The first-order valence-electron chi connectivity index (χ1n) is 5.67. The predicted octanol–water partition coefficient (Wildman–Crippen LogP) is 2.54. The van der Waals surface area contributed by atoms with Crippen molar-refractivity contribution < 1.29 is 0 Å². The standard InChI is InChI=1S/C10H22N2.CH4S/c1-3-9(2)12-10(11)7-5-4-6-8-10;1-2/h9,12H,3-8,11H2,1-2H3;2H,1H3/t9-;/m0./s1. The van der Waals surface area contributed by atoms with Crippen molar-refractivity contribution in [2.45, 2.75) is 64.1 Å². The van der Waals surface area contributed by atoms with Crippen molar-refractivity contribution in [3.8, 4) is 0 Å². The van der Waals surface area contributed by atoms with Crippen LogP contribution in [0.1, 0.15) is 52.4 Å². The van der Waals surface area contributed by atoms with Crippen LogP contribution in [0.25, 0.3) is 0 Å². The zero-order valence-corrected chi connectivity index (χ0v) is 10.7. The van der Waals surface area contributed by atoms with Gasteiger partial charge in [-0.2, -0.15) is 12.6 Å². The molecule has 1 rings (SSSR count). The van der Waals surface area contributed by atoms with Crippen LogP contribution in [-0.4, -0.2) is 18.0 Å². The van der Waals surface area contributed by atoms with E-state index < -0.39 is 0 Å². The molecule has 0 bridgehead atoms. The third-order valence-corrected chi connectivity index (χ3v) is 2.89.